The molecule has 6 heteroatoms. The van der Waals surface area contributed by atoms with E-state index in [1.807, 2.05) is 13.8 Å². The summed E-state index contributed by atoms with van der Waals surface area (Å²) in [5.74, 6) is -1.40. The van der Waals surface area contributed by atoms with Crippen molar-refractivity contribution in [1.82, 2.24) is 9.97 Å². The van der Waals surface area contributed by atoms with Crippen LogP contribution in [0.5, 0.6) is 0 Å². The van der Waals surface area contributed by atoms with Crippen LogP contribution in [-0.4, -0.2) is 15.8 Å². The fourth-order valence-electron chi connectivity index (χ4n) is 1.96. The van der Waals surface area contributed by atoms with Crippen molar-refractivity contribution in [3.8, 4) is 0 Å². The summed E-state index contributed by atoms with van der Waals surface area (Å²) in [4.78, 5) is 17.1. The monoisotopic (exact) mass is 232 g/mol. The fourth-order valence-corrected chi connectivity index (χ4v) is 1.96. The minimum absolute atomic E-state index is 0.0494. The third-order valence-electron chi connectivity index (χ3n) is 2.61. The predicted octanol–water partition coefficient (Wildman–Crippen LogP) is 2.58. The number of nitrogens with zero attached hydrogens (tertiary/aromatic N) is 1. The van der Waals surface area contributed by atoms with Gasteiger partial charge in [-0.1, -0.05) is 13.8 Å². The Kier molecular flexibility index (Phi) is 2.15. The van der Waals surface area contributed by atoms with Crippen LogP contribution < -0.4 is 0 Å². The van der Waals surface area contributed by atoms with E-state index in [2.05, 4.69) is 9.97 Å². The molecule has 1 aromatic rings. The first kappa shape index (κ1) is 11.2. The number of imidazole rings is 1. The molecule has 0 amide bonds. The van der Waals surface area contributed by atoms with Crippen LogP contribution in [0.15, 0.2) is 0 Å². The van der Waals surface area contributed by atoms with Crippen LogP contribution in [0.1, 0.15) is 42.3 Å². The van der Waals surface area contributed by atoms with Crippen molar-refractivity contribution in [3.63, 3.8) is 0 Å². The Balaban J connectivity index is 2.46. The number of fused-ring (bicyclic) bond motifs is 1. The summed E-state index contributed by atoms with van der Waals surface area (Å²) in [7, 11) is 0. The molecule has 1 aromatic heterocycles. The van der Waals surface area contributed by atoms with Crippen LogP contribution in [0.2, 0.25) is 0 Å². The zero-order valence-electron chi connectivity index (χ0n) is 8.90. The molecule has 0 saturated carbocycles. The van der Waals surface area contributed by atoms with Crippen LogP contribution in [-0.2, 0) is 12.6 Å². The van der Waals surface area contributed by atoms with E-state index in [1.165, 1.54) is 0 Å². The number of alkyl halides is 3. The molecule has 0 atom stereocenters. The number of carbonyl (C=O) groups is 1. The number of aromatic nitrogens is 2. The Morgan fingerprint density at radius 2 is 1.94 bits per heavy atom. The van der Waals surface area contributed by atoms with Crippen molar-refractivity contribution in [1.29, 1.82) is 0 Å². The first-order valence-electron chi connectivity index (χ1n) is 4.88. The highest BCUT2D eigenvalue weighted by atomic mass is 19.4. The van der Waals surface area contributed by atoms with Crippen molar-refractivity contribution in [2.24, 2.45) is 5.41 Å². The van der Waals surface area contributed by atoms with E-state index in [4.69, 9.17) is 0 Å². The molecule has 0 radical (unpaired) electrons. The van der Waals surface area contributed by atoms with E-state index in [9.17, 15) is 18.0 Å². The normalized spacial score (nSPS) is 19.7. The van der Waals surface area contributed by atoms with Crippen LogP contribution in [0.4, 0.5) is 13.2 Å². The lowest BCUT2D eigenvalue weighted by Gasteiger charge is -2.27. The Labute approximate surface area is 90.1 Å². The van der Waals surface area contributed by atoms with Gasteiger partial charge in [-0.05, 0) is 11.8 Å². The summed E-state index contributed by atoms with van der Waals surface area (Å²) in [6.45, 7) is 3.70. The number of hydrogen-bond acceptors (Lipinski definition) is 2. The van der Waals surface area contributed by atoms with Crippen LogP contribution in [0, 0.1) is 5.41 Å². The van der Waals surface area contributed by atoms with Crippen LogP contribution in [0.3, 0.4) is 0 Å². The summed E-state index contributed by atoms with van der Waals surface area (Å²) in [6.07, 6.45) is -3.87. The van der Waals surface area contributed by atoms with Crippen LogP contribution in [0.25, 0.3) is 0 Å². The molecular weight excluding hydrogens is 221 g/mol. The van der Waals surface area contributed by atoms with Gasteiger partial charge >= 0.3 is 6.18 Å². The highest BCUT2D eigenvalue weighted by Gasteiger charge is 2.40. The minimum atomic E-state index is -4.53. The zero-order chi connectivity index (χ0) is 12.1. The molecule has 88 valence electrons. The molecule has 0 unspecified atom stereocenters. The van der Waals surface area contributed by atoms with Crippen molar-refractivity contribution in [2.75, 3.05) is 0 Å². The maximum Gasteiger partial charge on any atom is 0.449 e. The number of Topliss-reactive ketones (excluding diaryl/α,β-unsaturated/α-hetero) is 1. The first-order chi connectivity index (χ1) is 7.19. The molecule has 1 heterocycles. The number of ketones is 1. The Hall–Kier alpha value is -1.33. The molecule has 1 aliphatic rings. The molecule has 0 fully saturated rings. The van der Waals surface area contributed by atoms with Crippen LogP contribution >= 0.6 is 0 Å². The standard InChI is InChI=1S/C10H11F3N2O/c1-9(2)3-5-7(6(16)4-9)15-8(14-5)10(11,12)13/h3-4H2,1-2H3,(H,14,15). The van der Waals surface area contributed by atoms with E-state index >= 15 is 0 Å². The molecule has 3 nitrogen and oxygen atoms in total. The second kappa shape index (κ2) is 3.09. The molecule has 0 aromatic carbocycles. The van der Waals surface area contributed by atoms with Crippen molar-refractivity contribution in [3.05, 3.63) is 17.2 Å². The average Bonchev–Trinajstić information content (AvgIpc) is 2.44. The quantitative estimate of drug-likeness (QED) is 0.747. The summed E-state index contributed by atoms with van der Waals surface area (Å²) >= 11 is 0. The van der Waals surface area contributed by atoms with Gasteiger partial charge in [0.15, 0.2) is 5.78 Å². The average molecular weight is 232 g/mol. The highest BCUT2D eigenvalue weighted by molar-refractivity contribution is 5.96. The molecule has 0 aliphatic heterocycles. The second-order valence-corrected chi connectivity index (χ2v) is 4.85. The smallest absolute Gasteiger partial charge is 0.338 e. The van der Waals surface area contributed by atoms with Gasteiger partial charge in [0.05, 0.1) is 0 Å². The second-order valence-electron chi connectivity index (χ2n) is 4.85. The van der Waals surface area contributed by atoms with E-state index in [-0.39, 0.29) is 23.3 Å². The van der Waals surface area contributed by atoms with E-state index in [0.717, 1.165) is 0 Å². The van der Waals surface area contributed by atoms with E-state index in [1.54, 1.807) is 0 Å². The lowest BCUT2D eigenvalue weighted by molar-refractivity contribution is -0.144. The number of aromatic amines is 1. The van der Waals surface area contributed by atoms with Crippen molar-refractivity contribution in [2.45, 2.75) is 32.9 Å². The topological polar surface area (TPSA) is 45.8 Å². The van der Waals surface area contributed by atoms with Gasteiger partial charge in [-0.2, -0.15) is 13.2 Å². The van der Waals surface area contributed by atoms with Crippen molar-refractivity contribution >= 4 is 5.78 Å². The number of carbonyl (C=O) groups excluding carboxylic acids is 1. The Morgan fingerprint density at radius 1 is 1.31 bits per heavy atom. The van der Waals surface area contributed by atoms with Gasteiger partial charge in [-0.25, -0.2) is 4.98 Å². The molecule has 16 heavy (non-hydrogen) atoms. The molecular formula is C10H11F3N2O. The number of H-pyrrole nitrogens is 1. The van der Waals surface area contributed by atoms with E-state index in [0.29, 0.717) is 12.1 Å². The summed E-state index contributed by atoms with van der Waals surface area (Å²) < 4.78 is 37.2. The highest BCUT2D eigenvalue weighted by Crippen LogP contribution is 2.36. The number of nitrogens with one attached hydrogen (secondary N) is 1. The number of hydrogen-bond donors (Lipinski definition) is 1. The maximum absolute atomic E-state index is 12.4. The van der Waals surface area contributed by atoms with Gasteiger partial charge in [0.2, 0.25) is 5.82 Å². The number of halogens is 3. The maximum atomic E-state index is 12.4. The molecule has 2 rings (SSSR count). The van der Waals surface area contributed by atoms with Gasteiger partial charge in [0, 0.05) is 12.1 Å². The summed E-state index contributed by atoms with van der Waals surface area (Å²) in [5, 5.41) is 0. The predicted molar refractivity (Wildman–Crippen MR) is 50.0 cm³/mol. The molecule has 1 N–H and O–H groups in total. The Bertz CT molecular complexity index is 445. The molecule has 0 spiro atoms. The lowest BCUT2D eigenvalue weighted by Crippen LogP contribution is -2.26. The third-order valence-corrected chi connectivity index (χ3v) is 2.61. The SMILES string of the molecule is CC1(C)CC(=O)c2nc(C(F)(F)F)[nH]c2C1. The van der Waals surface area contributed by atoms with Gasteiger partial charge < -0.3 is 4.98 Å². The molecule has 0 bridgehead atoms. The lowest BCUT2D eigenvalue weighted by atomic mass is 9.77. The minimum Gasteiger partial charge on any atom is -0.338 e. The largest absolute Gasteiger partial charge is 0.449 e. The van der Waals surface area contributed by atoms with E-state index < -0.39 is 12.0 Å². The first-order valence-corrected chi connectivity index (χ1v) is 4.88. The molecule has 0 saturated heterocycles. The van der Waals surface area contributed by atoms with Gasteiger partial charge in [0.1, 0.15) is 5.69 Å². The fraction of sp³-hybridized carbons (Fsp3) is 0.600. The van der Waals surface area contributed by atoms with Crippen molar-refractivity contribution < 1.29 is 18.0 Å². The Morgan fingerprint density at radius 3 is 2.50 bits per heavy atom. The zero-order valence-corrected chi connectivity index (χ0v) is 8.90. The van der Waals surface area contributed by atoms with Gasteiger partial charge in [-0.3, -0.25) is 4.79 Å². The summed E-state index contributed by atoms with van der Waals surface area (Å²) in [6, 6.07) is 0. The third kappa shape index (κ3) is 1.83. The number of rotatable bonds is 0. The van der Waals surface area contributed by atoms with Gasteiger partial charge in [0.25, 0.3) is 0 Å². The molecule has 1 aliphatic carbocycles. The summed E-state index contributed by atoms with van der Waals surface area (Å²) in [5.41, 5.74) is -0.0559. The van der Waals surface area contributed by atoms with Gasteiger partial charge in [-0.15, -0.1) is 0 Å².